The van der Waals surface area contributed by atoms with Crippen LogP contribution in [-0.4, -0.2) is 40.1 Å². The molecule has 5 nitrogen and oxygen atoms in total. The van der Waals surface area contributed by atoms with Gasteiger partial charge in [-0.15, -0.1) is 0 Å². The molecule has 2 heterocycles. The number of hydrogen-bond acceptors (Lipinski definition) is 4. The Hall–Kier alpha value is -1.14. The molecule has 18 heavy (non-hydrogen) atoms. The Kier molecular flexibility index (Phi) is 4.19. The molecule has 0 bridgehead atoms. The quantitative estimate of drug-likeness (QED) is 0.859. The van der Waals surface area contributed by atoms with E-state index in [-0.39, 0.29) is 0 Å². The lowest BCUT2D eigenvalue weighted by Crippen LogP contribution is -2.14. The van der Waals surface area contributed by atoms with Gasteiger partial charge in [-0.1, -0.05) is 0 Å². The number of rotatable bonds is 5. The highest BCUT2D eigenvalue weighted by molar-refractivity contribution is 9.10. The van der Waals surface area contributed by atoms with Gasteiger partial charge in [0.15, 0.2) is 5.65 Å². The van der Waals surface area contributed by atoms with Crippen molar-refractivity contribution < 1.29 is 0 Å². The molecule has 0 amide bonds. The molecule has 2 aromatic heterocycles. The number of unbranched alkanes of at least 4 members (excludes halogenated alkanes) is 1. The fraction of sp³-hybridized carbons (Fsp3) is 0.500. The summed E-state index contributed by atoms with van der Waals surface area (Å²) in [4.78, 5) is 10.9. The zero-order valence-electron chi connectivity index (χ0n) is 10.7. The minimum absolute atomic E-state index is 0.542. The van der Waals surface area contributed by atoms with Crippen LogP contribution in [0.25, 0.3) is 11.2 Å². The molecular weight excluding hydrogens is 294 g/mol. The Morgan fingerprint density at radius 2 is 2.17 bits per heavy atom. The van der Waals surface area contributed by atoms with Crippen LogP contribution >= 0.6 is 15.9 Å². The number of pyridine rings is 1. The number of anilines is 1. The van der Waals surface area contributed by atoms with Crippen LogP contribution in [0.2, 0.25) is 0 Å². The smallest absolute Gasteiger partial charge is 0.202 e. The lowest BCUT2D eigenvalue weighted by atomic mass is 10.3. The van der Waals surface area contributed by atoms with Crippen molar-refractivity contribution in [3.8, 4) is 0 Å². The maximum absolute atomic E-state index is 5.93. The highest BCUT2D eigenvalue weighted by Gasteiger charge is 2.09. The van der Waals surface area contributed by atoms with Gasteiger partial charge in [-0.3, -0.25) is 4.57 Å². The summed E-state index contributed by atoms with van der Waals surface area (Å²) in [5, 5.41) is 0. The lowest BCUT2D eigenvalue weighted by Gasteiger charge is -2.10. The van der Waals surface area contributed by atoms with Gasteiger partial charge in [0.1, 0.15) is 5.52 Å². The standard InChI is InChI=1S/C12H18BrN5/c1-17(2)5-3-4-6-18-11-10(16-12(18)14)7-9(13)8-15-11/h7-8H,3-6H2,1-2H3,(H2,14,16). The summed E-state index contributed by atoms with van der Waals surface area (Å²) in [5.74, 6) is 0.542. The normalized spacial score (nSPS) is 11.6. The highest BCUT2D eigenvalue weighted by Crippen LogP contribution is 2.20. The van der Waals surface area contributed by atoms with E-state index in [4.69, 9.17) is 5.73 Å². The molecule has 0 aliphatic rings. The van der Waals surface area contributed by atoms with E-state index in [1.165, 1.54) is 0 Å². The Bertz CT molecular complexity index is 534. The summed E-state index contributed by atoms with van der Waals surface area (Å²) in [6.45, 7) is 1.95. The van der Waals surface area contributed by atoms with Crippen LogP contribution in [0.1, 0.15) is 12.8 Å². The molecule has 6 heteroatoms. The van der Waals surface area contributed by atoms with Crippen LogP contribution < -0.4 is 5.73 Å². The Balaban J connectivity index is 2.10. The SMILES string of the molecule is CN(C)CCCCn1c(N)nc2cc(Br)cnc21. The van der Waals surface area contributed by atoms with Gasteiger partial charge in [0.05, 0.1) is 0 Å². The van der Waals surface area contributed by atoms with Crippen LogP contribution in [-0.2, 0) is 6.54 Å². The van der Waals surface area contributed by atoms with Crippen LogP contribution in [0, 0.1) is 0 Å². The van der Waals surface area contributed by atoms with Crippen LogP contribution in [0.4, 0.5) is 5.95 Å². The van der Waals surface area contributed by atoms with Gasteiger partial charge in [0.2, 0.25) is 5.95 Å². The van der Waals surface area contributed by atoms with Gasteiger partial charge in [-0.25, -0.2) is 9.97 Å². The van der Waals surface area contributed by atoms with Crippen molar-refractivity contribution >= 4 is 33.0 Å². The molecule has 2 aromatic rings. The topological polar surface area (TPSA) is 60.0 Å². The zero-order chi connectivity index (χ0) is 13.1. The molecule has 0 aromatic carbocycles. The maximum Gasteiger partial charge on any atom is 0.202 e. The van der Waals surface area contributed by atoms with E-state index in [0.717, 1.165) is 41.6 Å². The highest BCUT2D eigenvalue weighted by atomic mass is 79.9. The van der Waals surface area contributed by atoms with E-state index in [9.17, 15) is 0 Å². The molecule has 0 aliphatic carbocycles. The van der Waals surface area contributed by atoms with Crippen molar-refractivity contribution in [3.05, 3.63) is 16.7 Å². The van der Waals surface area contributed by atoms with Crippen LogP contribution in [0.15, 0.2) is 16.7 Å². The number of nitrogens with zero attached hydrogens (tertiary/aromatic N) is 4. The van der Waals surface area contributed by atoms with Gasteiger partial charge in [0.25, 0.3) is 0 Å². The summed E-state index contributed by atoms with van der Waals surface area (Å²) < 4.78 is 2.91. The number of aryl methyl sites for hydroxylation is 1. The van der Waals surface area contributed by atoms with Crippen molar-refractivity contribution in [1.29, 1.82) is 0 Å². The van der Waals surface area contributed by atoms with Crippen molar-refractivity contribution in [1.82, 2.24) is 19.4 Å². The first kappa shape index (κ1) is 13.3. The number of nitrogen functional groups attached to an aromatic ring is 1. The molecule has 0 saturated heterocycles. The number of nitrogens with two attached hydrogens (primary N) is 1. The van der Waals surface area contributed by atoms with Crippen molar-refractivity contribution in [2.45, 2.75) is 19.4 Å². The van der Waals surface area contributed by atoms with Crippen LogP contribution in [0.3, 0.4) is 0 Å². The average Bonchev–Trinajstić information content (AvgIpc) is 2.59. The summed E-state index contributed by atoms with van der Waals surface area (Å²) in [5.41, 5.74) is 7.64. The van der Waals surface area contributed by atoms with Crippen molar-refractivity contribution in [2.75, 3.05) is 26.4 Å². The fourth-order valence-corrected chi connectivity index (χ4v) is 2.24. The average molecular weight is 312 g/mol. The molecule has 0 radical (unpaired) electrons. The molecule has 98 valence electrons. The molecule has 2 rings (SSSR count). The van der Waals surface area contributed by atoms with E-state index in [0.29, 0.717) is 5.95 Å². The minimum atomic E-state index is 0.542. The third kappa shape index (κ3) is 3.00. The molecule has 0 fully saturated rings. The molecular formula is C12H18BrN5. The second-order valence-electron chi connectivity index (χ2n) is 4.63. The summed E-state index contributed by atoms with van der Waals surface area (Å²) >= 11 is 3.39. The summed E-state index contributed by atoms with van der Waals surface area (Å²) in [6.07, 6.45) is 3.99. The largest absolute Gasteiger partial charge is 0.369 e. The van der Waals surface area contributed by atoms with Crippen LogP contribution in [0.5, 0.6) is 0 Å². The zero-order valence-corrected chi connectivity index (χ0v) is 12.3. The second-order valence-corrected chi connectivity index (χ2v) is 5.54. The van der Waals surface area contributed by atoms with Gasteiger partial charge >= 0.3 is 0 Å². The first-order chi connectivity index (χ1) is 8.58. The first-order valence-corrected chi connectivity index (χ1v) is 6.79. The van der Waals surface area contributed by atoms with E-state index >= 15 is 0 Å². The molecule has 0 aliphatic heterocycles. The summed E-state index contributed by atoms with van der Waals surface area (Å²) in [6, 6.07) is 1.94. The van der Waals surface area contributed by atoms with Gasteiger partial charge in [-0.05, 0) is 55.5 Å². The molecule has 0 saturated carbocycles. The van der Waals surface area contributed by atoms with E-state index in [2.05, 4.69) is 44.9 Å². The number of imidazole rings is 1. The molecule has 0 atom stereocenters. The Morgan fingerprint density at radius 1 is 1.39 bits per heavy atom. The molecule has 0 unspecified atom stereocenters. The third-order valence-corrected chi connectivity index (χ3v) is 3.25. The van der Waals surface area contributed by atoms with Gasteiger partial charge < -0.3 is 10.6 Å². The maximum atomic E-state index is 5.93. The number of halogens is 1. The minimum Gasteiger partial charge on any atom is -0.369 e. The lowest BCUT2D eigenvalue weighted by molar-refractivity contribution is 0.388. The fourth-order valence-electron chi connectivity index (χ4n) is 1.92. The van der Waals surface area contributed by atoms with E-state index in [1.54, 1.807) is 6.20 Å². The Morgan fingerprint density at radius 3 is 2.89 bits per heavy atom. The van der Waals surface area contributed by atoms with Gasteiger partial charge in [-0.2, -0.15) is 0 Å². The predicted molar refractivity (Wildman–Crippen MR) is 77.4 cm³/mol. The summed E-state index contributed by atoms with van der Waals surface area (Å²) in [7, 11) is 4.17. The number of aromatic nitrogens is 3. The van der Waals surface area contributed by atoms with Crippen molar-refractivity contribution in [2.24, 2.45) is 0 Å². The Labute approximate surface area is 115 Å². The molecule has 0 spiro atoms. The van der Waals surface area contributed by atoms with Crippen molar-refractivity contribution in [3.63, 3.8) is 0 Å². The first-order valence-electron chi connectivity index (χ1n) is 6.00. The monoisotopic (exact) mass is 311 g/mol. The third-order valence-electron chi connectivity index (χ3n) is 2.82. The molecule has 2 N–H and O–H groups in total. The predicted octanol–water partition coefficient (Wildman–Crippen LogP) is 2.12. The van der Waals surface area contributed by atoms with Gasteiger partial charge in [0, 0.05) is 17.2 Å². The number of hydrogen-bond donors (Lipinski definition) is 1. The number of fused-ring (bicyclic) bond motifs is 1. The van der Waals surface area contributed by atoms with E-state index in [1.807, 2.05) is 10.6 Å². The van der Waals surface area contributed by atoms with E-state index < -0.39 is 0 Å². The second kappa shape index (κ2) is 5.67.